The van der Waals surface area contributed by atoms with Gasteiger partial charge in [-0.15, -0.1) is 0 Å². The van der Waals surface area contributed by atoms with E-state index in [-0.39, 0.29) is 12.1 Å². The van der Waals surface area contributed by atoms with Crippen LogP contribution in [0, 0.1) is 0 Å². The molecule has 0 bridgehead atoms. The number of carbonyl (C=O) groups excluding carboxylic acids is 1. The highest BCUT2D eigenvalue weighted by Crippen LogP contribution is 2.02. The maximum absolute atomic E-state index is 11.6. The van der Waals surface area contributed by atoms with Crippen molar-refractivity contribution in [2.24, 2.45) is 7.05 Å². The Morgan fingerprint density at radius 2 is 2.40 bits per heavy atom. The lowest BCUT2D eigenvalue weighted by Crippen LogP contribution is -2.22. The maximum atomic E-state index is 11.6. The molecule has 0 saturated carbocycles. The molecule has 0 spiro atoms. The number of carbonyl (C=O) groups is 1. The fraction of sp³-hybridized carbons (Fsp3) is 0.600. The third kappa shape index (κ3) is 3.36. The smallest absolute Gasteiger partial charge is 0.356 e. The van der Waals surface area contributed by atoms with Crippen molar-refractivity contribution in [1.29, 1.82) is 0 Å². The van der Waals surface area contributed by atoms with Gasteiger partial charge in [0.2, 0.25) is 0 Å². The van der Waals surface area contributed by atoms with Crippen molar-refractivity contribution in [2.45, 2.75) is 20.0 Å². The van der Waals surface area contributed by atoms with Crippen molar-refractivity contribution in [3.05, 3.63) is 18.0 Å². The van der Waals surface area contributed by atoms with E-state index in [4.69, 9.17) is 9.47 Å². The van der Waals surface area contributed by atoms with Crippen molar-refractivity contribution < 1.29 is 14.3 Å². The average Bonchev–Trinajstić information content (AvgIpc) is 2.61. The Bertz CT molecular complexity index is 322. The second-order valence-electron chi connectivity index (χ2n) is 3.22. The number of nitrogens with zero attached hydrogens (tertiary/aromatic N) is 2. The van der Waals surface area contributed by atoms with E-state index in [1.54, 1.807) is 26.2 Å². The van der Waals surface area contributed by atoms with Gasteiger partial charge in [-0.1, -0.05) is 0 Å². The molecule has 1 unspecified atom stereocenters. The molecule has 0 amide bonds. The van der Waals surface area contributed by atoms with E-state index < -0.39 is 0 Å². The molecular weight excluding hydrogens is 196 g/mol. The van der Waals surface area contributed by atoms with Crippen LogP contribution in [0.3, 0.4) is 0 Å². The molecule has 0 N–H and O–H groups in total. The summed E-state index contributed by atoms with van der Waals surface area (Å²) in [5.74, 6) is -0.373. The average molecular weight is 212 g/mol. The van der Waals surface area contributed by atoms with Gasteiger partial charge in [0, 0.05) is 19.9 Å². The van der Waals surface area contributed by atoms with Gasteiger partial charge in [0.05, 0.1) is 6.61 Å². The molecule has 0 saturated heterocycles. The third-order valence-electron chi connectivity index (χ3n) is 1.89. The predicted octanol–water partition coefficient (Wildman–Crippen LogP) is 1.00. The molecule has 1 aromatic rings. The summed E-state index contributed by atoms with van der Waals surface area (Å²) in [5.41, 5.74) is 0.443. The van der Waals surface area contributed by atoms with Crippen LogP contribution in [0.25, 0.3) is 0 Å². The monoisotopic (exact) mass is 212 g/mol. The van der Waals surface area contributed by atoms with Crippen LogP contribution in [-0.2, 0) is 16.5 Å². The normalized spacial score (nSPS) is 12.5. The lowest BCUT2D eigenvalue weighted by Gasteiger charge is -2.12. The van der Waals surface area contributed by atoms with Crippen molar-refractivity contribution in [3.63, 3.8) is 0 Å². The summed E-state index contributed by atoms with van der Waals surface area (Å²) in [6.45, 7) is 4.73. The summed E-state index contributed by atoms with van der Waals surface area (Å²) < 4.78 is 11.8. The molecule has 0 aromatic carbocycles. The molecule has 0 fully saturated rings. The summed E-state index contributed by atoms with van der Waals surface area (Å²) in [5, 5.41) is 3.89. The number of ether oxygens (including phenoxy) is 2. The topological polar surface area (TPSA) is 53.4 Å². The highest BCUT2D eigenvalue weighted by atomic mass is 16.6. The van der Waals surface area contributed by atoms with E-state index in [0.717, 1.165) is 0 Å². The lowest BCUT2D eigenvalue weighted by molar-refractivity contribution is 0.00345. The molecule has 0 aliphatic heterocycles. The van der Waals surface area contributed by atoms with Crippen LogP contribution in [0.4, 0.5) is 0 Å². The third-order valence-corrected chi connectivity index (χ3v) is 1.89. The van der Waals surface area contributed by atoms with Gasteiger partial charge in [-0.2, -0.15) is 5.10 Å². The van der Waals surface area contributed by atoms with Gasteiger partial charge in [0.15, 0.2) is 0 Å². The molecule has 84 valence electrons. The Morgan fingerprint density at radius 1 is 1.67 bits per heavy atom. The summed E-state index contributed by atoms with van der Waals surface area (Å²) in [4.78, 5) is 11.6. The Labute approximate surface area is 89.0 Å². The fourth-order valence-electron chi connectivity index (χ4n) is 1.14. The SMILES string of the molecule is CCOCC(C)OC(=O)c1ccnn1C. The van der Waals surface area contributed by atoms with Crippen LogP contribution in [0.15, 0.2) is 12.3 Å². The predicted molar refractivity (Wildman–Crippen MR) is 54.6 cm³/mol. The summed E-state index contributed by atoms with van der Waals surface area (Å²) in [6.07, 6.45) is 1.32. The van der Waals surface area contributed by atoms with Crippen LogP contribution < -0.4 is 0 Å². The first-order valence-corrected chi connectivity index (χ1v) is 4.92. The van der Waals surface area contributed by atoms with Crippen molar-refractivity contribution in [3.8, 4) is 0 Å². The van der Waals surface area contributed by atoms with Crippen molar-refractivity contribution in [2.75, 3.05) is 13.2 Å². The minimum absolute atomic E-state index is 0.243. The lowest BCUT2D eigenvalue weighted by atomic mass is 10.4. The first kappa shape index (κ1) is 11.7. The van der Waals surface area contributed by atoms with Gasteiger partial charge < -0.3 is 9.47 Å². The van der Waals surface area contributed by atoms with E-state index in [1.165, 1.54) is 4.68 Å². The molecule has 5 nitrogen and oxygen atoms in total. The minimum Gasteiger partial charge on any atom is -0.456 e. The van der Waals surface area contributed by atoms with Crippen molar-refractivity contribution in [1.82, 2.24) is 9.78 Å². The molecule has 0 aliphatic rings. The van der Waals surface area contributed by atoms with Gasteiger partial charge in [0.25, 0.3) is 0 Å². The maximum Gasteiger partial charge on any atom is 0.356 e. The molecule has 1 atom stereocenters. The summed E-state index contributed by atoms with van der Waals surface area (Å²) in [6, 6.07) is 1.62. The van der Waals surface area contributed by atoms with E-state index >= 15 is 0 Å². The summed E-state index contributed by atoms with van der Waals surface area (Å²) >= 11 is 0. The van der Waals surface area contributed by atoms with E-state index in [0.29, 0.717) is 18.9 Å². The molecule has 0 aliphatic carbocycles. The van der Waals surface area contributed by atoms with E-state index in [9.17, 15) is 4.79 Å². The van der Waals surface area contributed by atoms with E-state index in [2.05, 4.69) is 5.10 Å². The first-order valence-electron chi connectivity index (χ1n) is 4.92. The molecule has 1 rings (SSSR count). The Hall–Kier alpha value is -1.36. The van der Waals surface area contributed by atoms with E-state index in [1.807, 2.05) is 6.92 Å². The Balaban J connectivity index is 2.46. The van der Waals surface area contributed by atoms with Crippen LogP contribution in [0.5, 0.6) is 0 Å². The molecule has 0 radical (unpaired) electrons. The molecule has 5 heteroatoms. The number of hydrogen-bond donors (Lipinski definition) is 0. The van der Waals surface area contributed by atoms with Crippen LogP contribution in [-0.4, -0.2) is 35.1 Å². The molecule has 1 heterocycles. The quantitative estimate of drug-likeness (QED) is 0.683. The summed E-state index contributed by atoms with van der Waals surface area (Å²) in [7, 11) is 1.70. The van der Waals surface area contributed by atoms with Crippen molar-refractivity contribution >= 4 is 5.97 Å². The standard InChI is InChI=1S/C10H16N2O3/c1-4-14-7-8(2)15-10(13)9-5-6-11-12(9)3/h5-6,8H,4,7H2,1-3H3. The van der Waals surface area contributed by atoms with Gasteiger partial charge in [0.1, 0.15) is 11.8 Å². The first-order chi connectivity index (χ1) is 7.15. The minimum atomic E-state index is -0.373. The van der Waals surface area contributed by atoms with Crippen LogP contribution >= 0.6 is 0 Å². The van der Waals surface area contributed by atoms with Gasteiger partial charge in [-0.25, -0.2) is 4.79 Å². The molecular formula is C10H16N2O3. The molecule has 1 aromatic heterocycles. The van der Waals surface area contributed by atoms with Crippen LogP contribution in [0.2, 0.25) is 0 Å². The number of hydrogen-bond acceptors (Lipinski definition) is 4. The number of aromatic nitrogens is 2. The Kier molecular flexibility index (Phi) is 4.30. The second-order valence-corrected chi connectivity index (χ2v) is 3.22. The largest absolute Gasteiger partial charge is 0.456 e. The number of esters is 1. The molecule has 15 heavy (non-hydrogen) atoms. The second kappa shape index (κ2) is 5.50. The Morgan fingerprint density at radius 3 is 2.93 bits per heavy atom. The van der Waals surface area contributed by atoms with Gasteiger partial charge in [-0.05, 0) is 19.9 Å². The van der Waals surface area contributed by atoms with Crippen LogP contribution in [0.1, 0.15) is 24.3 Å². The zero-order valence-corrected chi connectivity index (χ0v) is 9.27. The highest BCUT2D eigenvalue weighted by molar-refractivity contribution is 5.87. The zero-order valence-electron chi connectivity index (χ0n) is 9.27. The number of rotatable bonds is 5. The van der Waals surface area contributed by atoms with Gasteiger partial charge in [-0.3, -0.25) is 4.68 Å². The fourth-order valence-corrected chi connectivity index (χ4v) is 1.14. The zero-order chi connectivity index (χ0) is 11.3. The number of aryl methyl sites for hydroxylation is 1. The van der Waals surface area contributed by atoms with Gasteiger partial charge >= 0.3 is 5.97 Å². The highest BCUT2D eigenvalue weighted by Gasteiger charge is 2.14.